The zero-order valence-corrected chi connectivity index (χ0v) is 10.9. The van der Waals surface area contributed by atoms with Crippen LogP contribution in [0.3, 0.4) is 0 Å². The summed E-state index contributed by atoms with van der Waals surface area (Å²) in [6, 6.07) is 2.79. The molecule has 3 N–H and O–H groups in total. The summed E-state index contributed by atoms with van der Waals surface area (Å²) in [5, 5.41) is 19.5. The fourth-order valence-corrected chi connectivity index (χ4v) is 1.89. The van der Waals surface area contributed by atoms with E-state index in [9.17, 15) is 14.4 Å². The summed E-state index contributed by atoms with van der Waals surface area (Å²) in [5.74, 6) is -3.65. The molecule has 0 heterocycles. The van der Waals surface area contributed by atoms with Gasteiger partial charge in [-0.1, -0.05) is 29.3 Å². The molecule has 0 unspecified atom stereocenters. The molecule has 19 heavy (non-hydrogen) atoms. The molecule has 1 aromatic rings. The standard InChI is InChI=1S/C11H9Cl2NO5/c12-5-2-1-3-6(13)9(5)10(17)14-7(11(18)19)4-8(15)16/h1-3,7H,4H2,(H,14,17)(H,15,16)(H,18,19)/t7-/m1/s1. The molecule has 0 aromatic heterocycles. The van der Waals surface area contributed by atoms with Gasteiger partial charge in [0.05, 0.1) is 22.0 Å². The Balaban J connectivity index is 2.94. The minimum Gasteiger partial charge on any atom is -0.481 e. The normalized spacial score (nSPS) is 11.7. The average molecular weight is 306 g/mol. The summed E-state index contributed by atoms with van der Waals surface area (Å²) in [7, 11) is 0. The van der Waals surface area contributed by atoms with Crippen molar-refractivity contribution in [2.75, 3.05) is 0 Å². The maximum absolute atomic E-state index is 11.8. The molecule has 1 aromatic carbocycles. The van der Waals surface area contributed by atoms with Gasteiger partial charge in [-0.3, -0.25) is 9.59 Å². The van der Waals surface area contributed by atoms with Crippen LogP contribution < -0.4 is 5.32 Å². The molecule has 102 valence electrons. The smallest absolute Gasteiger partial charge is 0.326 e. The fraction of sp³-hybridized carbons (Fsp3) is 0.182. The van der Waals surface area contributed by atoms with E-state index in [4.69, 9.17) is 33.4 Å². The van der Waals surface area contributed by atoms with Crippen molar-refractivity contribution in [1.29, 1.82) is 0 Å². The van der Waals surface area contributed by atoms with Gasteiger partial charge in [0.1, 0.15) is 6.04 Å². The highest BCUT2D eigenvalue weighted by Gasteiger charge is 2.25. The van der Waals surface area contributed by atoms with E-state index in [0.29, 0.717) is 0 Å². The zero-order chi connectivity index (χ0) is 14.6. The van der Waals surface area contributed by atoms with Crippen molar-refractivity contribution in [2.45, 2.75) is 12.5 Å². The van der Waals surface area contributed by atoms with Crippen molar-refractivity contribution in [2.24, 2.45) is 0 Å². The highest BCUT2D eigenvalue weighted by molar-refractivity contribution is 6.39. The van der Waals surface area contributed by atoms with Crippen molar-refractivity contribution in [1.82, 2.24) is 5.32 Å². The quantitative estimate of drug-likeness (QED) is 0.767. The van der Waals surface area contributed by atoms with E-state index in [1.807, 2.05) is 0 Å². The molecule has 0 aliphatic rings. The Morgan fingerprint density at radius 2 is 1.68 bits per heavy atom. The van der Waals surface area contributed by atoms with Crippen molar-refractivity contribution < 1.29 is 24.6 Å². The minimum absolute atomic E-state index is 0.0458. The van der Waals surface area contributed by atoms with Crippen LogP contribution in [0.1, 0.15) is 16.8 Å². The molecule has 6 nitrogen and oxygen atoms in total. The van der Waals surface area contributed by atoms with Crippen molar-refractivity contribution in [3.8, 4) is 0 Å². The largest absolute Gasteiger partial charge is 0.481 e. The Kier molecular flexibility index (Phi) is 5.14. The SMILES string of the molecule is O=C(O)C[C@@H](NC(=O)c1c(Cl)cccc1Cl)C(=O)O. The summed E-state index contributed by atoms with van der Waals surface area (Å²) in [5.41, 5.74) is -0.0949. The molecule has 0 aliphatic heterocycles. The first-order chi connectivity index (χ1) is 8.82. The molecule has 1 atom stereocenters. The van der Waals surface area contributed by atoms with E-state index in [1.54, 1.807) is 0 Å². The number of carbonyl (C=O) groups is 3. The van der Waals surface area contributed by atoms with Gasteiger partial charge in [-0.25, -0.2) is 4.79 Å². The van der Waals surface area contributed by atoms with E-state index in [0.717, 1.165) is 0 Å². The van der Waals surface area contributed by atoms with E-state index < -0.39 is 30.3 Å². The highest BCUT2D eigenvalue weighted by atomic mass is 35.5. The first kappa shape index (κ1) is 15.3. The van der Waals surface area contributed by atoms with Gasteiger partial charge < -0.3 is 15.5 Å². The Hall–Kier alpha value is -1.79. The number of amides is 1. The van der Waals surface area contributed by atoms with Gasteiger partial charge in [-0.2, -0.15) is 0 Å². The predicted octanol–water partition coefficient (Wildman–Crippen LogP) is 1.65. The number of hydrogen-bond acceptors (Lipinski definition) is 3. The van der Waals surface area contributed by atoms with E-state index in [-0.39, 0.29) is 15.6 Å². The molecular formula is C11H9Cl2NO5. The second-order valence-corrected chi connectivity index (χ2v) is 4.37. The molecule has 0 saturated heterocycles. The van der Waals surface area contributed by atoms with Crippen molar-refractivity contribution in [3.63, 3.8) is 0 Å². The van der Waals surface area contributed by atoms with Gasteiger partial charge in [0.15, 0.2) is 0 Å². The van der Waals surface area contributed by atoms with Crippen LogP contribution in [-0.4, -0.2) is 34.1 Å². The fourth-order valence-electron chi connectivity index (χ4n) is 1.32. The molecule has 1 amide bonds. The number of aliphatic carboxylic acids is 2. The highest BCUT2D eigenvalue weighted by Crippen LogP contribution is 2.24. The zero-order valence-electron chi connectivity index (χ0n) is 9.39. The van der Waals surface area contributed by atoms with Crippen LogP contribution in [0.4, 0.5) is 0 Å². The number of nitrogens with one attached hydrogen (secondary N) is 1. The molecule has 0 bridgehead atoms. The third kappa shape index (κ3) is 4.11. The molecule has 0 fully saturated rings. The van der Waals surface area contributed by atoms with Crippen LogP contribution in [0.2, 0.25) is 10.0 Å². The van der Waals surface area contributed by atoms with Crippen LogP contribution in [0, 0.1) is 0 Å². The first-order valence-corrected chi connectivity index (χ1v) is 5.78. The Morgan fingerprint density at radius 3 is 2.11 bits per heavy atom. The molecule has 0 aliphatic carbocycles. The van der Waals surface area contributed by atoms with E-state index >= 15 is 0 Å². The first-order valence-electron chi connectivity index (χ1n) is 5.02. The summed E-state index contributed by atoms with van der Waals surface area (Å²) in [4.78, 5) is 33.2. The van der Waals surface area contributed by atoms with Crippen molar-refractivity contribution in [3.05, 3.63) is 33.8 Å². The van der Waals surface area contributed by atoms with Gasteiger partial charge in [-0.05, 0) is 12.1 Å². The molecule has 0 radical (unpaired) electrons. The minimum atomic E-state index is -1.56. The monoisotopic (exact) mass is 305 g/mol. The van der Waals surface area contributed by atoms with Crippen molar-refractivity contribution >= 4 is 41.0 Å². The van der Waals surface area contributed by atoms with Crippen LogP contribution in [0.25, 0.3) is 0 Å². The number of hydrogen-bond donors (Lipinski definition) is 3. The topological polar surface area (TPSA) is 104 Å². The van der Waals surface area contributed by atoms with E-state index in [1.165, 1.54) is 18.2 Å². The maximum atomic E-state index is 11.8. The number of benzene rings is 1. The molecular weight excluding hydrogens is 297 g/mol. The Labute approximate surface area is 117 Å². The third-order valence-corrected chi connectivity index (χ3v) is 2.80. The molecule has 0 spiro atoms. The summed E-state index contributed by atoms with van der Waals surface area (Å²) in [6.07, 6.45) is -0.747. The number of rotatable bonds is 5. The summed E-state index contributed by atoms with van der Waals surface area (Å²) >= 11 is 11.6. The molecule has 1 rings (SSSR count). The van der Waals surface area contributed by atoms with Crippen LogP contribution in [-0.2, 0) is 9.59 Å². The van der Waals surface area contributed by atoms with Crippen LogP contribution >= 0.6 is 23.2 Å². The Bertz CT molecular complexity index is 512. The molecule has 8 heteroatoms. The number of carboxylic acid groups (broad SMARTS) is 2. The summed E-state index contributed by atoms with van der Waals surface area (Å²) < 4.78 is 0. The van der Waals surface area contributed by atoms with Gasteiger partial charge in [0, 0.05) is 0 Å². The maximum Gasteiger partial charge on any atom is 0.326 e. The summed E-state index contributed by atoms with van der Waals surface area (Å²) in [6.45, 7) is 0. The van der Waals surface area contributed by atoms with E-state index in [2.05, 4.69) is 5.32 Å². The lowest BCUT2D eigenvalue weighted by Gasteiger charge is -2.13. The van der Waals surface area contributed by atoms with Crippen LogP contribution in [0.5, 0.6) is 0 Å². The van der Waals surface area contributed by atoms with Gasteiger partial charge >= 0.3 is 11.9 Å². The average Bonchev–Trinajstić information content (AvgIpc) is 2.27. The second-order valence-electron chi connectivity index (χ2n) is 3.56. The predicted molar refractivity (Wildman–Crippen MR) is 67.6 cm³/mol. The lowest BCUT2D eigenvalue weighted by atomic mass is 10.1. The van der Waals surface area contributed by atoms with Gasteiger partial charge in [0.25, 0.3) is 5.91 Å². The second kappa shape index (κ2) is 6.40. The van der Waals surface area contributed by atoms with Crippen LogP contribution in [0.15, 0.2) is 18.2 Å². The van der Waals surface area contributed by atoms with Gasteiger partial charge in [-0.15, -0.1) is 0 Å². The number of halogens is 2. The Morgan fingerprint density at radius 1 is 1.16 bits per heavy atom. The number of carboxylic acids is 2. The van der Waals surface area contributed by atoms with Gasteiger partial charge in [0.2, 0.25) is 0 Å². The lowest BCUT2D eigenvalue weighted by Crippen LogP contribution is -2.42. The third-order valence-electron chi connectivity index (χ3n) is 2.17. The molecule has 0 saturated carbocycles. The number of carbonyl (C=O) groups excluding carboxylic acids is 1. The lowest BCUT2D eigenvalue weighted by molar-refractivity contribution is -0.145.